The standard InChI is InChI=1S/C11H13NO2/c1-8-12-10-5-4-9(3-2-6-13)7-11(10)14-8/h4-5,7,13H,2-3,6H2,1H3. The van der Waals surface area contributed by atoms with E-state index in [1.54, 1.807) is 0 Å². The number of hydrogen-bond acceptors (Lipinski definition) is 3. The number of nitrogens with zero attached hydrogens (tertiary/aromatic N) is 1. The Bertz CT molecular complexity index is 434. The topological polar surface area (TPSA) is 46.3 Å². The smallest absolute Gasteiger partial charge is 0.192 e. The molecule has 0 aliphatic carbocycles. The molecule has 1 heterocycles. The van der Waals surface area contributed by atoms with Crippen LogP contribution in [0.2, 0.25) is 0 Å². The molecule has 0 saturated carbocycles. The number of rotatable bonds is 3. The van der Waals surface area contributed by atoms with Gasteiger partial charge in [-0.2, -0.15) is 0 Å². The Kier molecular flexibility index (Phi) is 2.50. The fourth-order valence-electron chi connectivity index (χ4n) is 1.52. The summed E-state index contributed by atoms with van der Waals surface area (Å²) < 4.78 is 5.41. The third-order valence-electron chi connectivity index (χ3n) is 2.18. The Balaban J connectivity index is 2.31. The minimum atomic E-state index is 0.230. The molecule has 0 unspecified atom stereocenters. The summed E-state index contributed by atoms with van der Waals surface area (Å²) in [6, 6.07) is 5.98. The molecule has 74 valence electrons. The van der Waals surface area contributed by atoms with Gasteiger partial charge in [0.05, 0.1) is 0 Å². The van der Waals surface area contributed by atoms with Crippen LogP contribution in [0.5, 0.6) is 0 Å². The maximum Gasteiger partial charge on any atom is 0.192 e. The predicted molar refractivity (Wildman–Crippen MR) is 54.2 cm³/mol. The minimum absolute atomic E-state index is 0.230. The van der Waals surface area contributed by atoms with Crippen LogP contribution in [-0.4, -0.2) is 16.7 Å². The third kappa shape index (κ3) is 1.77. The average Bonchev–Trinajstić information content (AvgIpc) is 2.54. The second-order valence-electron chi connectivity index (χ2n) is 3.36. The SMILES string of the molecule is Cc1nc2ccc(CCCO)cc2o1. The van der Waals surface area contributed by atoms with Gasteiger partial charge in [0.2, 0.25) is 0 Å². The van der Waals surface area contributed by atoms with Crippen LogP contribution in [0.3, 0.4) is 0 Å². The van der Waals surface area contributed by atoms with Gasteiger partial charge in [-0.1, -0.05) is 6.07 Å². The maximum absolute atomic E-state index is 8.71. The van der Waals surface area contributed by atoms with E-state index in [1.807, 2.05) is 25.1 Å². The maximum atomic E-state index is 8.71. The molecule has 0 bridgehead atoms. The Hall–Kier alpha value is -1.35. The van der Waals surface area contributed by atoms with Crippen molar-refractivity contribution in [1.29, 1.82) is 0 Å². The minimum Gasteiger partial charge on any atom is -0.441 e. The molecule has 3 heteroatoms. The number of hydrogen-bond donors (Lipinski definition) is 1. The first-order chi connectivity index (χ1) is 6.79. The van der Waals surface area contributed by atoms with Crippen LogP contribution in [-0.2, 0) is 6.42 Å². The van der Waals surface area contributed by atoms with Crippen LogP contribution >= 0.6 is 0 Å². The number of aryl methyl sites for hydroxylation is 2. The molecular formula is C11H13NO2. The summed E-state index contributed by atoms with van der Waals surface area (Å²) in [5, 5.41) is 8.71. The number of fused-ring (bicyclic) bond motifs is 1. The van der Waals surface area contributed by atoms with E-state index >= 15 is 0 Å². The Morgan fingerprint density at radius 3 is 3.07 bits per heavy atom. The summed E-state index contributed by atoms with van der Waals surface area (Å²) >= 11 is 0. The van der Waals surface area contributed by atoms with E-state index < -0.39 is 0 Å². The molecule has 1 aromatic carbocycles. The molecule has 2 rings (SSSR count). The molecule has 14 heavy (non-hydrogen) atoms. The van der Waals surface area contributed by atoms with Gasteiger partial charge in [-0.15, -0.1) is 0 Å². The summed E-state index contributed by atoms with van der Waals surface area (Å²) in [5.41, 5.74) is 2.91. The first kappa shape index (κ1) is 9.21. The quantitative estimate of drug-likeness (QED) is 0.807. The molecule has 0 saturated heterocycles. The lowest BCUT2D eigenvalue weighted by atomic mass is 10.1. The van der Waals surface area contributed by atoms with Gasteiger partial charge in [-0.25, -0.2) is 4.98 Å². The zero-order chi connectivity index (χ0) is 9.97. The summed E-state index contributed by atoms with van der Waals surface area (Å²) in [4.78, 5) is 4.22. The van der Waals surface area contributed by atoms with Crippen LogP contribution < -0.4 is 0 Å². The van der Waals surface area contributed by atoms with Crippen molar-refractivity contribution in [1.82, 2.24) is 4.98 Å². The van der Waals surface area contributed by atoms with Crippen LogP contribution in [0.4, 0.5) is 0 Å². The third-order valence-corrected chi connectivity index (χ3v) is 2.18. The number of aliphatic hydroxyl groups excluding tert-OH is 1. The molecule has 0 atom stereocenters. The van der Waals surface area contributed by atoms with Gasteiger partial charge in [0.15, 0.2) is 11.5 Å². The Morgan fingerprint density at radius 1 is 1.43 bits per heavy atom. The summed E-state index contributed by atoms with van der Waals surface area (Å²) in [6.07, 6.45) is 1.67. The number of aromatic nitrogens is 1. The van der Waals surface area contributed by atoms with E-state index in [0.717, 1.165) is 23.9 Å². The molecule has 0 radical (unpaired) electrons. The van der Waals surface area contributed by atoms with E-state index in [0.29, 0.717) is 5.89 Å². The van der Waals surface area contributed by atoms with Crippen molar-refractivity contribution in [3.05, 3.63) is 29.7 Å². The molecule has 2 aromatic rings. The molecule has 0 spiro atoms. The molecule has 0 fully saturated rings. The van der Waals surface area contributed by atoms with Gasteiger partial charge < -0.3 is 9.52 Å². The molecule has 1 aromatic heterocycles. The van der Waals surface area contributed by atoms with E-state index in [2.05, 4.69) is 4.98 Å². The fourth-order valence-corrected chi connectivity index (χ4v) is 1.52. The van der Waals surface area contributed by atoms with E-state index in [4.69, 9.17) is 9.52 Å². The number of aliphatic hydroxyl groups is 1. The highest BCUT2D eigenvalue weighted by Crippen LogP contribution is 2.17. The van der Waals surface area contributed by atoms with Crippen molar-refractivity contribution in [3.8, 4) is 0 Å². The number of benzene rings is 1. The lowest BCUT2D eigenvalue weighted by molar-refractivity contribution is 0.288. The molecule has 0 amide bonds. The van der Waals surface area contributed by atoms with Crippen molar-refractivity contribution in [2.75, 3.05) is 6.61 Å². The van der Waals surface area contributed by atoms with Crippen LogP contribution in [0.25, 0.3) is 11.1 Å². The predicted octanol–water partition coefficient (Wildman–Crippen LogP) is 2.06. The van der Waals surface area contributed by atoms with E-state index in [-0.39, 0.29) is 6.61 Å². The van der Waals surface area contributed by atoms with Crippen molar-refractivity contribution in [3.63, 3.8) is 0 Å². The van der Waals surface area contributed by atoms with Crippen molar-refractivity contribution >= 4 is 11.1 Å². The number of oxazole rings is 1. The zero-order valence-corrected chi connectivity index (χ0v) is 8.16. The molecular weight excluding hydrogens is 178 g/mol. The average molecular weight is 191 g/mol. The van der Waals surface area contributed by atoms with Gasteiger partial charge in [0.25, 0.3) is 0 Å². The van der Waals surface area contributed by atoms with Crippen LogP contribution in [0.1, 0.15) is 17.9 Å². The van der Waals surface area contributed by atoms with Gasteiger partial charge >= 0.3 is 0 Å². The second-order valence-corrected chi connectivity index (χ2v) is 3.36. The molecule has 1 N–H and O–H groups in total. The van der Waals surface area contributed by atoms with Crippen molar-refractivity contribution < 1.29 is 9.52 Å². The lowest BCUT2D eigenvalue weighted by Gasteiger charge is -1.97. The lowest BCUT2D eigenvalue weighted by Crippen LogP contribution is -1.88. The Labute approximate surface area is 82.4 Å². The van der Waals surface area contributed by atoms with Gasteiger partial charge in [0, 0.05) is 13.5 Å². The zero-order valence-electron chi connectivity index (χ0n) is 8.16. The molecule has 0 aliphatic heterocycles. The normalized spacial score (nSPS) is 11.0. The molecule has 3 nitrogen and oxygen atoms in total. The van der Waals surface area contributed by atoms with Gasteiger partial charge in [-0.05, 0) is 30.5 Å². The van der Waals surface area contributed by atoms with Crippen LogP contribution in [0, 0.1) is 6.92 Å². The van der Waals surface area contributed by atoms with Crippen molar-refractivity contribution in [2.45, 2.75) is 19.8 Å². The van der Waals surface area contributed by atoms with E-state index in [1.165, 1.54) is 5.56 Å². The first-order valence-electron chi connectivity index (χ1n) is 4.76. The van der Waals surface area contributed by atoms with Crippen molar-refractivity contribution in [2.24, 2.45) is 0 Å². The van der Waals surface area contributed by atoms with Gasteiger partial charge in [0.1, 0.15) is 5.52 Å². The fraction of sp³-hybridized carbons (Fsp3) is 0.364. The monoisotopic (exact) mass is 191 g/mol. The second kappa shape index (κ2) is 3.80. The Morgan fingerprint density at radius 2 is 2.29 bits per heavy atom. The summed E-state index contributed by atoms with van der Waals surface area (Å²) in [6.45, 7) is 2.07. The summed E-state index contributed by atoms with van der Waals surface area (Å²) in [5.74, 6) is 0.694. The highest BCUT2D eigenvalue weighted by Gasteiger charge is 2.02. The van der Waals surface area contributed by atoms with Gasteiger partial charge in [-0.3, -0.25) is 0 Å². The highest BCUT2D eigenvalue weighted by molar-refractivity contribution is 5.73. The molecule has 0 aliphatic rings. The van der Waals surface area contributed by atoms with Crippen LogP contribution in [0.15, 0.2) is 22.6 Å². The van der Waals surface area contributed by atoms with E-state index in [9.17, 15) is 0 Å². The highest BCUT2D eigenvalue weighted by atomic mass is 16.3. The first-order valence-corrected chi connectivity index (χ1v) is 4.76. The summed E-state index contributed by atoms with van der Waals surface area (Å²) in [7, 11) is 0. The largest absolute Gasteiger partial charge is 0.441 e.